The van der Waals surface area contributed by atoms with Crippen molar-refractivity contribution in [3.05, 3.63) is 134 Å². The molecule has 4 heteroatoms. The van der Waals surface area contributed by atoms with Crippen LogP contribution >= 0.6 is 11.3 Å². The van der Waals surface area contributed by atoms with Crippen LogP contribution < -0.4 is 4.90 Å². The number of benzene rings is 5. The number of anilines is 3. The van der Waals surface area contributed by atoms with Gasteiger partial charge < -0.3 is 4.42 Å². The third-order valence-electron chi connectivity index (χ3n) is 7.34. The molecule has 5 aromatic carbocycles. The minimum Gasteiger partial charge on any atom is -0.452 e. The number of hydrogen-bond donors (Lipinski definition) is 0. The molecule has 8 rings (SSSR count). The first-order valence-electron chi connectivity index (χ1n) is 13.0. The topological polar surface area (TPSA) is 29.3 Å². The molecule has 3 nitrogen and oxygen atoms in total. The first-order valence-corrected chi connectivity index (χ1v) is 13.8. The van der Waals surface area contributed by atoms with E-state index >= 15 is 0 Å². The fourth-order valence-electron chi connectivity index (χ4n) is 5.48. The van der Waals surface area contributed by atoms with E-state index in [2.05, 4.69) is 102 Å². The van der Waals surface area contributed by atoms with E-state index in [-0.39, 0.29) is 0 Å². The molecule has 0 aliphatic rings. The molecular formula is C35H22N2OS. The van der Waals surface area contributed by atoms with E-state index in [0.29, 0.717) is 0 Å². The smallest absolute Gasteiger partial charge is 0.181 e. The van der Waals surface area contributed by atoms with E-state index < -0.39 is 0 Å². The van der Waals surface area contributed by atoms with Crippen molar-refractivity contribution in [2.75, 3.05) is 4.90 Å². The molecule has 0 aliphatic heterocycles. The van der Waals surface area contributed by atoms with Crippen molar-refractivity contribution in [1.82, 2.24) is 4.98 Å². The molecule has 0 saturated heterocycles. The Kier molecular flexibility index (Phi) is 5.00. The summed E-state index contributed by atoms with van der Waals surface area (Å²) in [5.41, 5.74) is 6.08. The molecule has 0 bridgehead atoms. The minimum absolute atomic E-state index is 0.775. The Bertz CT molecular complexity index is 2120. The molecular weight excluding hydrogens is 496 g/mol. The predicted octanol–water partition coefficient (Wildman–Crippen LogP) is 10.5. The summed E-state index contributed by atoms with van der Waals surface area (Å²) in [5, 5.41) is 4.72. The Morgan fingerprint density at radius 1 is 0.538 bits per heavy atom. The molecule has 0 spiro atoms. The fraction of sp³-hybridized carbons (Fsp3) is 0. The molecule has 0 N–H and O–H groups in total. The normalized spacial score (nSPS) is 11.6. The van der Waals surface area contributed by atoms with Crippen LogP contribution in [0.4, 0.5) is 17.2 Å². The summed E-state index contributed by atoms with van der Waals surface area (Å²) in [5.74, 6) is 0.775. The summed E-state index contributed by atoms with van der Waals surface area (Å²) in [6.45, 7) is 0. The minimum atomic E-state index is 0.775. The van der Waals surface area contributed by atoms with Gasteiger partial charge in [-0.15, -0.1) is 11.3 Å². The van der Waals surface area contributed by atoms with Gasteiger partial charge in [0.25, 0.3) is 0 Å². The molecule has 3 heterocycles. The second kappa shape index (κ2) is 8.83. The van der Waals surface area contributed by atoms with Crippen LogP contribution in [0, 0.1) is 0 Å². The van der Waals surface area contributed by atoms with Crippen LogP contribution in [0.1, 0.15) is 0 Å². The maximum Gasteiger partial charge on any atom is 0.181 e. The molecule has 3 aromatic heterocycles. The number of rotatable bonds is 4. The standard InChI is InChI=1S/C35H22N2OS/c1-2-8-23(9-3-1)24-14-16-25(17-15-24)37(26-18-19-29-28-11-5-7-13-32(28)39-33(29)22-26)35-34-30(20-21-36-35)27-10-4-6-12-31(27)38-34/h1-22H. The lowest BCUT2D eigenvalue weighted by Crippen LogP contribution is -2.11. The van der Waals surface area contributed by atoms with Crippen molar-refractivity contribution < 1.29 is 4.42 Å². The van der Waals surface area contributed by atoms with Crippen LogP contribution in [0.25, 0.3) is 53.2 Å². The number of aromatic nitrogens is 1. The van der Waals surface area contributed by atoms with E-state index in [9.17, 15) is 0 Å². The number of fused-ring (bicyclic) bond motifs is 6. The van der Waals surface area contributed by atoms with Gasteiger partial charge >= 0.3 is 0 Å². The summed E-state index contributed by atoms with van der Waals surface area (Å²) in [7, 11) is 0. The number of furan rings is 1. The maximum absolute atomic E-state index is 6.43. The highest BCUT2D eigenvalue weighted by Crippen LogP contribution is 2.43. The summed E-state index contributed by atoms with van der Waals surface area (Å²) in [6.07, 6.45) is 1.88. The molecule has 0 aliphatic carbocycles. The average molecular weight is 519 g/mol. The number of thiophene rings is 1. The molecule has 39 heavy (non-hydrogen) atoms. The molecule has 0 unspecified atom stereocenters. The lowest BCUT2D eigenvalue weighted by Gasteiger charge is -2.24. The fourth-order valence-corrected chi connectivity index (χ4v) is 6.62. The number of pyridine rings is 1. The largest absolute Gasteiger partial charge is 0.452 e. The monoisotopic (exact) mass is 518 g/mol. The summed E-state index contributed by atoms with van der Waals surface area (Å²) >= 11 is 1.82. The van der Waals surface area contributed by atoms with Crippen molar-refractivity contribution in [2.24, 2.45) is 0 Å². The third-order valence-corrected chi connectivity index (χ3v) is 8.47. The number of para-hydroxylation sites is 1. The molecule has 0 radical (unpaired) electrons. The Morgan fingerprint density at radius 2 is 1.23 bits per heavy atom. The van der Waals surface area contributed by atoms with Crippen molar-refractivity contribution in [1.29, 1.82) is 0 Å². The second-order valence-electron chi connectivity index (χ2n) is 9.64. The zero-order valence-corrected chi connectivity index (χ0v) is 21.7. The van der Waals surface area contributed by atoms with Gasteiger partial charge in [-0.05, 0) is 53.6 Å². The first-order chi connectivity index (χ1) is 19.3. The molecule has 184 valence electrons. The van der Waals surface area contributed by atoms with Crippen molar-refractivity contribution in [3.63, 3.8) is 0 Å². The summed E-state index contributed by atoms with van der Waals surface area (Å²) < 4.78 is 8.97. The molecule has 0 amide bonds. The third kappa shape index (κ3) is 3.61. The molecule has 0 atom stereocenters. The first kappa shape index (κ1) is 22.1. The van der Waals surface area contributed by atoms with Gasteiger partial charge in [-0.1, -0.05) is 84.9 Å². The van der Waals surface area contributed by atoms with Gasteiger partial charge in [-0.25, -0.2) is 4.98 Å². The molecule has 0 saturated carbocycles. The Balaban J connectivity index is 1.35. The SMILES string of the molecule is c1ccc(-c2ccc(N(c3ccc4c(c3)sc3ccccc34)c3nccc4c3oc3ccccc34)cc2)cc1. The summed E-state index contributed by atoms with van der Waals surface area (Å²) in [4.78, 5) is 7.11. The Labute approximate surface area is 229 Å². The van der Waals surface area contributed by atoms with E-state index in [1.165, 1.54) is 31.3 Å². The highest BCUT2D eigenvalue weighted by atomic mass is 32.1. The Morgan fingerprint density at radius 3 is 2.10 bits per heavy atom. The molecule has 0 fully saturated rings. The highest BCUT2D eigenvalue weighted by Gasteiger charge is 2.21. The van der Waals surface area contributed by atoms with Crippen LogP contribution in [-0.2, 0) is 0 Å². The summed E-state index contributed by atoms with van der Waals surface area (Å²) in [6, 6.07) is 44.7. The second-order valence-corrected chi connectivity index (χ2v) is 10.7. The van der Waals surface area contributed by atoms with Gasteiger partial charge in [0.15, 0.2) is 11.4 Å². The van der Waals surface area contributed by atoms with Crippen LogP contribution in [0.3, 0.4) is 0 Å². The van der Waals surface area contributed by atoms with Gasteiger partial charge in [0.2, 0.25) is 0 Å². The van der Waals surface area contributed by atoms with Crippen LogP contribution in [0.2, 0.25) is 0 Å². The van der Waals surface area contributed by atoms with Gasteiger partial charge in [-0.2, -0.15) is 0 Å². The number of hydrogen-bond acceptors (Lipinski definition) is 4. The van der Waals surface area contributed by atoms with Crippen molar-refractivity contribution >= 4 is 70.6 Å². The highest BCUT2D eigenvalue weighted by molar-refractivity contribution is 7.25. The van der Waals surface area contributed by atoms with Crippen molar-refractivity contribution in [2.45, 2.75) is 0 Å². The maximum atomic E-state index is 6.43. The zero-order valence-electron chi connectivity index (χ0n) is 20.9. The predicted molar refractivity (Wildman–Crippen MR) is 165 cm³/mol. The lowest BCUT2D eigenvalue weighted by molar-refractivity contribution is 0.667. The van der Waals surface area contributed by atoms with Gasteiger partial charge in [-0.3, -0.25) is 4.90 Å². The Hall–Kier alpha value is -4.93. The van der Waals surface area contributed by atoms with Gasteiger partial charge in [0.05, 0.1) is 0 Å². The van der Waals surface area contributed by atoms with Crippen LogP contribution in [-0.4, -0.2) is 4.98 Å². The zero-order chi connectivity index (χ0) is 25.8. The van der Waals surface area contributed by atoms with Crippen molar-refractivity contribution in [3.8, 4) is 11.1 Å². The average Bonchev–Trinajstić information content (AvgIpc) is 3.57. The van der Waals surface area contributed by atoms with E-state index in [1.807, 2.05) is 47.9 Å². The number of nitrogens with zero attached hydrogens (tertiary/aromatic N) is 2. The van der Waals surface area contributed by atoms with E-state index in [1.54, 1.807) is 0 Å². The quantitative estimate of drug-likeness (QED) is 0.232. The van der Waals surface area contributed by atoms with Gasteiger partial charge in [0, 0.05) is 48.5 Å². The van der Waals surface area contributed by atoms with Crippen LogP contribution in [0.15, 0.2) is 138 Å². The van der Waals surface area contributed by atoms with Crippen LogP contribution in [0.5, 0.6) is 0 Å². The lowest BCUT2D eigenvalue weighted by atomic mass is 10.0. The van der Waals surface area contributed by atoms with E-state index in [4.69, 9.17) is 9.40 Å². The molecule has 8 aromatic rings. The van der Waals surface area contributed by atoms with Gasteiger partial charge in [0.1, 0.15) is 5.58 Å². The van der Waals surface area contributed by atoms with E-state index in [0.717, 1.165) is 39.1 Å².